The van der Waals surface area contributed by atoms with Crippen molar-refractivity contribution in [3.05, 3.63) is 46.5 Å². The number of carbonyl (C=O) groups is 1. The number of nitrogens with zero attached hydrogens (tertiary/aromatic N) is 6. The lowest BCUT2D eigenvalue weighted by molar-refractivity contribution is -0.385. The first-order valence-corrected chi connectivity index (χ1v) is 9.30. The predicted octanol–water partition coefficient (Wildman–Crippen LogP) is 2.26. The highest BCUT2D eigenvalue weighted by atomic mass is 16.6. The molecule has 2 fully saturated rings. The second-order valence-electron chi connectivity index (χ2n) is 7.05. The predicted molar refractivity (Wildman–Crippen MR) is 98.7 cm³/mol. The van der Waals surface area contributed by atoms with Gasteiger partial charge in [-0.25, -0.2) is 9.67 Å². The zero-order chi connectivity index (χ0) is 18.8. The van der Waals surface area contributed by atoms with Crippen molar-refractivity contribution in [1.82, 2.24) is 19.7 Å². The van der Waals surface area contributed by atoms with Gasteiger partial charge in [-0.1, -0.05) is 0 Å². The van der Waals surface area contributed by atoms with E-state index in [0.29, 0.717) is 19.1 Å². The highest BCUT2D eigenvalue weighted by molar-refractivity contribution is 5.99. The fourth-order valence-electron chi connectivity index (χ4n) is 3.94. The lowest BCUT2D eigenvalue weighted by atomic mass is 10.0. The van der Waals surface area contributed by atoms with Crippen molar-refractivity contribution in [2.24, 2.45) is 0 Å². The van der Waals surface area contributed by atoms with Crippen LogP contribution in [0.4, 0.5) is 11.4 Å². The van der Waals surface area contributed by atoms with E-state index in [1.165, 1.54) is 6.07 Å². The van der Waals surface area contributed by atoms with Crippen LogP contribution in [0.25, 0.3) is 0 Å². The highest BCUT2D eigenvalue weighted by Crippen LogP contribution is 2.30. The van der Waals surface area contributed by atoms with E-state index in [2.05, 4.69) is 15.0 Å². The van der Waals surface area contributed by atoms with Gasteiger partial charge in [-0.15, -0.1) is 0 Å². The molecule has 2 saturated heterocycles. The Morgan fingerprint density at radius 2 is 1.89 bits per heavy atom. The minimum Gasteiger partial charge on any atom is -0.371 e. The molecule has 27 heavy (non-hydrogen) atoms. The largest absolute Gasteiger partial charge is 0.371 e. The van der Waals surface area contributed by atoms with E-state index in [1.54, 1.807) is 29.7 Å². The number of aromatic nitrogens is 3. The Morgan fingerprint density at radius 3 is 2.52 bits per heavy atom. The van der Waals surface area contributed by atoms with E-state index >= 15 is 0 Å². The molecule has 4 rings (SSSR count). The maximum absolute atomic E-state index is 12.8. The topological polar surface area (TPSA) is 97.4 Å². The lowest BCUT2D eigenvalue weighted by Gasteiger charge is -2.33. The number of nitro groups is 1. The van der Waals surface area contributed by atoms with Crippen molar-refractivity contribution in [1.29, 1.82) is 0 Å². The number of benzene rings is 1. The summed E-state index contributed by atoms with van der Waals surface area (Å²) in [6.45, 7) is 2.95. The van der Waals surface area contributed by atoms with Crippen LogP contribution in [0, 0.1) is 10.1 Å². The summed E-state index contributed by atoms with van der Waals surface area (Å²) in [5.41, 5.74) is 0.936. The molecule has 142 valence electrons. The molecular weight excluding hydrogens is 348 g/mol. The first-order chi connectivity index (χ1) is 13.1. The van der Waals surface area contributed by atoms with E-state index in [9.17, 15) is 14.9 Å². The summed E-state index contributed by atoms with van der Waals surface area (Å²) >= 11 is 0. The quantitative estimate of drug-likeness (QED) is 0.605. The number of likely N-dealkylation sites (tertiary alicyclic amines) is 1. The number of rotatable bonds is 4. The van der Waals surface area contributed by atoms with Crippen LogP contribution >= 0.6 is 0 Å². The maximum atomic E-state index is 12.8. The molecule has 0 aliphatic carbocycles. The summed E-state index contributed by atoms with van der Waals surface area (Å²) in [7, 11) is 0. The van der Waals surface area contributed by atoms with E-state index < -0.39 is 4.92 Å². The Balaban J connectivity index is 1.54. The van der Waals surface area contributed by atoms with Crippen LogP contribution in [-0.4, -0.2) is 56.7 Å². The van der Waals surface area contributed by atoms with E-state index in [0.717, 1.165) is 44.5 Å². The van der Waals surface area contributed by atoms with E-state index in [4.69, 9.17) is 0 Å². The normalized spacial score (nSPS) is 18.1. The summed E-state index contributed by atoms with van der Waals surface area (Å²) in [6, 6.07) is 5.21. The van der Waals surface area contributed by atoms with Crippen LogP contribution in [0.3, 0.4) is 0 Å². The molecule has 0 saturated carbocycles. The second kappa shape index (κ2) is 7.34. The van der Waals surface area contributed by atoms with Gasteiger partial charge in [0.1, 0.15) is 18.2 Å². The fraction of sp³-hybridized carbons (Fsp3) is 0.500. The molecule has 2 aromatic rings. The minimum absolute atomic E-state index is 0.117. The summed E-state index contributed by atoms with van der Waals surface area (Å²) in [5, 5.41) is 15.6. The number of carbonyl (C=O) groups excluding carboxylic acids is 1. The first kappa shape index (κ1) is 17.4. The molecule has 1 amide bonds. The second-order valence-corrected chi connectivity index (χ2v) is 7.05. The Bertz CT molecular complexity index is 824. The van der Waals surface area contributed by atoms with Gasteiger partial charge in [-0.3, -0.25) is 14.9 Å². The third-order valence-corrected chi connectivity index (χ3v) is 5.44. The van der Waals surface area contributed by atoms with Gasteiger partial charge >= 0.3 is 0 Å². The molecule has 1 aromatic heterocycles. The van der Waals surface area contributed by atoms with E-state index in [-0.39, 0.29) is 17.2 Å². The fourth-order valence-corrected chi connectivity index (χ4v) is 3.94. The van der Waals surface area contributed by atoms with Crippen LogP contribution in [0.5, 0.6) is 0 Å². The Labute approximate surface area is 156 Å². The molecule has 0 bridgehead atoms. The van der Waals surface area contributed by atoms with Crippen molar-refractivity contribution in [2.75, 3.05) is 31.1 Å². The van der Waals surface area contributed by atoms with Crippen molar-refractivity contribution in [2.45, 2.75) is 31.7 Å². The Morgan fingerprint density at radius 1 is 1.15 bits per heavy atom. The smallest absolute Gasteiger partial charge is 0.282 e. The number of piperidine rings is 1. The molecule has 2 aliphatic heterocycles. The maximum Gasteiger partial charge on any atom is 0.282 e. The summed E-state index contributed by atoms with van der Waals surface area (Å²) in [6.07, 6.45) is 7.01. The molecule has 1 aromatic carbocycles. The molecule has 0 N–H and O–H groups in total. The number of hydrogen-bond donors (Lipinski definition) is 0. The highest BCUT2D eigenvalue weighted by Gasteiger charge is 2.28. The first-order valence-electron chi connectivity index (χ1n) is 9.30. The van der Waals surface area contributed by atoms with Crippen molar-refractivity contribution in [3.63, 3.8) is 0 Å². The third kappa shape index (κ3) is 3.49. The van der Waals surface area contributed by atoms with Crippen LogP contribution in [0.2, 0.25) is 0 Å². The van der Waals surface area contributed by atoms with Gasteiger partial charge in [0.25, 0.3) is 11.6 Å². The zero-order valence-corrected chi connectivity index (χ0v) is 15.0. The summed E-state index contributed by atoms with van der Waals surface area (Å²) < 4.78 is 1.88. The van der Waals surface area contributed by atoms with Crippen LogP contribution in [0.15, 0.2) is 30.9 Å². The van der Waals surface area contributed by atoms with Crippen molar-refractivity contribution >= 4 is 17.3 Å². The number of amides is 1. The van der Waals surface area contributed by atoms with Crippen LogP contribution in [0.1, 0.15) is 42.1 Å². The summed E-state index contributed by atoms with van der Waals surface area (Å²) in [5.74, 6) is -0.237. The molecule has 0 unspecified atom stereocenters. The molecule has 3 heterocycles. The van der Waals surface area contributed by atoms with Gasteiger partial charge in [-0.05, 0) is 37.8 Å². The standard InChI is InChI=1S/C18H22N6O3/c25-18(22-7-1-2-8-22)16-11-15(3-4-17(16)24(26)27)21-9-5-14(6-10-21)23-13-19-12-20-23/h3-4,11-14H,1-2,5-10H2. The van der Waals surface area contributed by atoms with Gasteiger partial charge in [0.05, 0.1) is 11.0 Å². The van der Waals surface area contributed by atoms with Crippen molar-refractivity contribution in [3.8, 4) is 0 Å². The van der Waals surface area contributed by atoms with E-state index in [1.807, 2.05) is 4.68 Å². The lowest BCUT2D eigenvalue weighted by Crippen LogP contribution is -2.35. The van der Waals surface area contributed by atoms with Gasteiger partial charge < -0.3 is 9.80 Å². The monoisotopic (exact) mass is 370 g/mol. The minimum atomic E-state index is -0.468. The number of hydrogen-bond acceptors (Lipinski definition) is 6. The molecule has 0 spiro atoms. The van der Waals surface area contributed by atoms with Gasteiger partial charge in [0.15, 0.2) is 0 Å². The Kier molecular flexibility index (Phi) is 4.74. The average molecular weight is 370 g/mol. The molecule has 9 nitrogen and oxygen atoms in total. The average Bonchev–Trinajstić information content (AvgIpc) is 3.41. The molecule has 0 atom stereocenters. The van der Waals surface area contributed by atoms with Crippen LogP contribution in [-0.2, 0) is 0 Å². The van der Waals surface area contributed by atoms with Crippen LogP contribution < -0.4 is 4.90 Å². The number of anilines is 1. The van der Waals surface area contributed by atoms with Crippen molar-refractivity contribution < 1.29 is 9.72 Å². The SMILES string of the molecule is O=C(c1cc(N2CCC(n3cncn3)CC2)ccc1[N+](=O)[O-])N1CCCC1. The van der Waals surface area contributed by atoms with Gasteiger partial charge in [0.2, 0.25) is 0 Å². The number of nitro benzene ring substituents is 1. The third-order valence-electron chi connectivity index (χ3n) is 5.44. The molecule has 2 aliphatic rings. The molecular formula is C18H22N6O3. The zero-order valence-electron chi connectivity index (χ0n) is 15.0. The van der Waals surface area contributed by atoms with Gasteiger partial charge in [0, 0.05) is 37.9 Å². The summed E-state index contributed by atoms with van der Waals surface area (Å²) in [4.78, 5) is 31.6. The molecule has 0 radical (unpaired) electrons. The molecule has 9 heteroatoms. The van der Waals surface area contributed by atoms with Gasteiger partial charge in [-0.2, -0.15) is 5.10 Å². The Hall–Kier alpha value is -2.97.